The first-order chi connectivity index (χ1) is 33.6. The van der Waals surface area contributed by atoms with Crippen molar-refractivity contribution < 1.29 is 0 Å². The first kappa shape index (κ1) is 39.3. The molecule has 1 spiro atoms. The molecule has 68 heavy (non-hydrogen) atoms. The quantitative estimate of drug-likeness (QED) is 0.173. The molecule has 6 aliphatic rings. The van der Waals surface area contributed by atoms with Crippen LogP contribution in [0.25, 0.3) is 34.4 Å². The predicted molar refractivity (Wildman–Crippen MR) is 280 cm³/mol. The average molecular weight is 929 g/mol. The van der Waals surface area contributed by atoms with Crippen LogP contribution in [-0.2, 0) is 22.7 Å². The Morgan fingerprint density at radius 2 is 1.12 bits per heavy atom. The third-order valence-corrected chi connectivity index (χ3v) is 16.5. The van der Waals surface area contributed by atoms with Crippen molar-refractivity contribution in [3.63, 3.8) is 0 Å². The SMILES string of the molecule is N#CC1C2=CC(c3ccccc3)(c3ccccc3)C=CC2=c2cc3c(cc21)=CC=C1C(=C3)C(c2ccccc2)(c2ccccc2)C2=C(Cc3ccc(Br)cc32)C12c1ccccc1-c1ccccc12. The van der Waals surface area contributed by atoms with Crippen LogP contribution in [0.5, 0.6) is 0 Å². The summed E-state index contributed by atoms with van der Waals surface area (Å²) in [6.45, 7) is 0. The van der Waals surface area contributed by atoms with Crippen LogP contribution in [0.2, 0.25) is 0 Å². The maximum Gasteiger partial charge on any atom is 0.0972 e. The van der Waals surface area contributed by atoms with E-state index in [0.717, 1.165) is 43.6 Å². The molecule has 8 aromatic rings. The molecule has 14 rings (SSSR count). The second-order valence-electron chi connectivity index (χ2n) is 19.0. The Hall–Kier alpha value is -7.83. The molecule has 0 amide bonds. The topological polar surface area (TPSA) is 23.8 Å². The molecule has 0 saturated carbocycles. The molecule has 318 valence electrons. The second kappa shape index (κ2) is 14.6. The van der Waals surface area contributed by atoms with Gasteiger partial charge in [0.2, 0.25) is 0 Å². The Morgan fingerprint density at radius 3 is 1.72 bits per heavy atom. The van der Waals surface area contributed by atoms with E-state index in [2.05, 4.69) is 259 Å². The maximum absolute atomic E-state index is 11.3. The molecule has 1 unspecified atom stereocenters. The molecule has 6 aliphatic carbocycles. The van der Waals surface area contributed by atoms with Gasteiger partial charge in [0, 0.05) is 4.47 Å². The summed E-state index contributed by atoms with van der Waals surface area (Å²) in [5.41, 5.74) is 20.7. The van der Waals surface area contributed by atoms with E-state index < -0.39 is 22.2 Å². The van der Waals surface area contributed by atoms with Crippen LogP contribution in [0.3, 0.4) is 0 Å². The van der Waals surface area contributed by atoms with Gasteiger partial charge in [-0.2, -0.15) is 5.26 Å². The van der Waals surface area contributed by atoms with Crippen LogP contribution < -0.4 is 10.4 Å². The van der Waals surface area contributed by atoms with Gasteiger partial charge < -0.3 is 0 Å². The predicted octanol–water partition coefficient (Wildman–Crippen LogP) is 13.8. The number of hydrogen-bond donors (Lipinski definition) is 0. The van der Waals surface area contributed by atoms with Crippen molar-refractivity contribution >= 4 is 39.2 Å². The Kier molecular flexibility index (Phi) is 8.44. The number of allylic oxidation sites excluding steroid dienone is 9. The zero-order chi connectivity index (χ0) is 45.2. The smallest absolute Gasteiger partial charge is 0.0972 e. The molecule has 1 nitrogen and oxygen atoms in total. The lowest BCUT2D eigenvalue weighted by molar-refractivity contribution is 0.640. The number of fused-ring (bicyclic) bond motifs is 13. The first-order valence-electron chi connectivity index (χ1n) is 23.7. The number of rotatable bonds is 4. The lowest BCUT2D eigenvalue weighted by Gasteiger charge is -2.52. The number of benzene rings is 8. The lowest BCUT2D eigenvalue weighted by Crippen LogP contribution is -2.45. The fourth-order valence-corrected chi connectivity index (χ4v) is 13.7. The molecule has 0 radical (unpaired) electrons. The molecule has 8 aromatic carbocycles. The monoisotopic (exact) mass is 927 g/mol. The summed E-state index contributed by atoms with van der Waals surface area (Å²) in [6.07, 6.45) is 15.3. The van der Waals surface area contributed by atoms with Crippen LogP contribution >= 0.6 is 15.9 Å². The van der Waals surface area contributed by atoms with Gasteiger partial charge >= 0.3 is 0 Å². The fourth-order valence-electron chi connectivity index (χ4n) is 13.4. The fraction of sp³-hybridized carbons (Fsp3) is 0.0758. The summed E-state index contributed by atoms with van der Waals surface area (Å²) >= 11 is 3.97. The van der Waals surface area contributed by atoms with E-state index in [-0.39, 0.29) is 0 Å². The molecule has 1 atom stereocenters. The molecular weight excluding hydrogens is 887 g/mol. The Morgan fingerprint density at radius 1 is 0.544 bits per heavy atom. The van der Waals surface area contributed by atoms with Crippen molar-refractivity contribution in [3.8, 4) is 17.2 Å². The largest absolute Gasteiger partial charge is 0.197 e. The van der Waals surface area contributed by atoms with E-state index in [1.54, 1.807) is 0 Å². The first-order valence-corrected chi connectivity index (χ1v) is 24.4. The van der Waals surface area contributed by atoms with Gasteiger partial charge in [-0.25, -0.2) is 0 Å². The zero-order valence-electron chi connectivity index (χ0n) is 37.1. The number of nitrogens with zero attached hydrogens (tertiary/aromatic N) is 1. The number of nitriles is 1. The molecule has 0 saturated heterocycles. The van der Waals surface area contributed by atoms with Crippen LogP contribution in [-0.4, -0.2) is 0 Å². The summed E-state index contributed by atoms with van der Waals surface area (Å²) < 4.78 is 1.07. The summed E-state index contributed by atoms with van der Waals surface area (Å²) in [5, 5.41) is 13.5. The summed E-state index contributed by atoms with van der Waals surface area (Å²) in [7, 11) is 0. The maximum atomic E-state index is 11.3. The number of hydrogen-bond acceptors (Lipinski definition) is 1. The highest BCUT2D eigenvalue weighted by Gasteiger charge is 2.61. The molecule has 0 bridgehead atoms. The molecule has 0 aliphatic heterocycles. The summed E-state index contributed by atoms with van der Waals surface area (Å²) in [5.74, 6) is -0.422. The van der Waals surface area contributed by atoms with Gasteiger partial charge in [0.05, 0.1) is 28.2 Å². The molecule has 0 fully saturated rings. The Balaban J connectivity index is 1.11. The molecule has 0 N–H and O–H groups in total. The van der Waals surface area contributed by atoms with Crippen molar-refractivity contribution in [1.82, 2.24) is 0 Å². The van der Waals surface area contributed by atoms with Crippen molar-refractivity contribution in [2.45, 2.75) is 28.6 Å². The normalized spacial score (nSPS) is 18.7. The third kappa shape index (κ3) is 5.10. The summed E-state index contributed by atoms with van der Waals surface area (Å²) in [4.78, 5) is 0. The van der Waals surface area contributed by atoms with Gasteiger partial charge in [-0.3, -0.25) is 0 Å². The van der Waals surface area contributed by atoms with Gasteiger partial charge in [0.15, 0.2) is 0 Å². The van der Waals surface area contributed by atoms with Crippen LogP contribution in [0.4, 0.5) is 0 Å². The molecule has 0 heterocycles. The van der Waals surface area contributed by atoms with Crippen molar-refractivity contribution in [2.75, 3.05) is 0 Å². The second-order valence-corrected chi connectivity index (χ2v) is 20.0. The highest BCUT2D eigenvalue weighted by Crippen LogP contribution is 2.70. The minimum Gasteiger partial charge on any atom is -0.197 e. The average Bonchev–Trinajstić information content (AvgIpc) is 3.97. The molecule has 0 aromatic heterocycles. The highest BCUT2D eigenvalue weighted by molar-refractivity contribution is 9.10. The van der Waals surface area contributed by atoms with E-state index in [1.165, 1.54) is 77.9 Å². The van der Waals surface area contributed by atoms with Crippen molar-refractivity contribution in [2.24, 2.45) is 0 Å². The van der Waals surface area contributed by atoms with Crippen LogP contribution in [0.1, 0.15) is 61.6 Å². The van der Waals surface area contributed by atoms with Gasteiger partial charge in [-0.15, -0.1) is 0 Å². The zero-order valence-corrected chi connectivity index (χ0v) is 38.7. The van der Waals surface area contributed by atoms with Gasteiger partial charge in [0.1, 0.15) is 0 Å². The van der Waals surface area contributed by atoms with Crippen LogP contribution in [0, 0.1) is 11.3 Å². The van der Waals surface area contributed by atoms with Gasteiger partial charge in [0.25, 0.3) is 0 Å². The van der Waals surface area contributed by atoms with E-state index in [0.29, 0.717) is 0 Å². The number of halogens is 1. The van der Waals surface area contributed by atoms with E-state index >= 15 is 0 Å². The minimum absolute atomic E-state index is 0.422. The lowest BCUT2D eigenvalue weighted by atomic mass is 9.49. The third-order valence-electron chi connectivity index (χ3n) is 16.0. The Bertz CT molecular complexity index is 3700. The van der Waals surface area contributed by atoms with E-state index in [9.17, 15) is 5.26 Å². The summed E-state index contributed by atoms with van der Waals surface area (Å²) in [6, 6.07) is 76.8. The van der Waals surface area contributed by atoms with Gasteiger partial charge in [-0.1, -0.05) is 222 Å². The molecular formula is C66H42BrN. The van der Waals surface area contributed by atoms with Gasteiger partial charge in [-0.05, 0) is 147 Å². The highest BCUT2D eigenvalue weighted by atomic mass is 79.9. The van der Waals surface area contributed by atoms with E-state index in [4.69, 9.17) is 0 Å². The minimum atomic E-state index is -0.703. The standard InChI is InChI=1S/C66H42BrN/c67-49-31-29-43-37-62-63(53(43)39-49)65(47-21-9-3-10-22-47,48-23-11-4-12-24-48)61-38-44-36-54-50-33-34-64(45-17-5-1-6-18-45,46-19-7-2-8-20-46)40-56(50)57(41-68)55(54)35-42(44)30-32-60(61)66(62)58-27-15-13-25-51(58)52-26-14-16-28-59(52)66/h1-36,38-40,57H,37H2. The van der Waals surface area contributed by atoms with Crippen LogP contribution in [0.15, 0.2) is 251 Å². The van der Waals surface area contributed by atoms with Crippen molar-refractivity contribution in [3.05, 3.63) is 317 Å². The van der Waals surface area contributed by atoms with E-state index in [1.807, 2.05) is 0 Å². The Labute approximate surface area is 405 Å². The molecule has 2 heteroatoms. The van der Waals surface area contributed by atoms with Crippen molar-refractivity contribution in [1.29, 1.82) is 5.26 Å².